The molecule has 0 unspecified atom stereocenters. The highest BCUT2D eigenvalue weighted by Gasteiger charge is 2.36. The summed E-state index contributed by atoms with van der Waals surface area (Å²) in [4.78, 5) is 3.71. The van der Waals surface area contributed by atoms with Gasteiger partial charge in [-0.2, -0.15) is 4.98 Å². The van der Waals surface area contributed by atoms with Gasteiger partial charge in [-0.25, -0.2) is 21.2 Å². The van der Waals surface area contributed by atoms with Gasteiger partial charge in [0, 0.05) is 10.6 Å². The first-order valence-electron chi connectivity index (χ1n) is 8.05. The first-order valence-corrected chi connectivity index (χ1v) is 11.5. The number of aromatic nitrogens is 1. The van der Waals surface area contributed by atoms with Crippen LogP contribution in [0.4, 0.5) is 4.39 Å². The predicted molar refractivity (Wildman–Crippen MR) is 101 cm³/mol. The van der Waals surface area contributed by atoms with Gasteiger partial charge in [0.1, 0.15) is 5.82 Å². The molecule has 0 aliphatic carbocycles. The van der Waals surface area contributed by atoms with Crippen LogP contribution in [0, 0.1) is 5.82 Å². The van der Waals surface area contributed by atoms with Gasteiger partial charge in [-0.05, 0) is 56.3 Å². The maximum absolute atomic E-state index is 13.5. The molecule has 3 aromatic rings. The van der Waals surface area contributed by atoms with E-state index in [9.17, 15) is 21.2 Å². The zero-order chi connectivity index (χ0) is 20.7. The Balaban J connectivity index is 2.28. The minimum Gasteiger partial charge on any atom is -0.423 e. The standard InChI is InChI=1S/C18H15ClFNO5S2/c1-11(2)27(22,23)18-17(28(24,25)15-8-6-13(19)7-9-15)21-16(26-18)12-4-3-5-14(20)10-12/h3-11H,1-2H3. The van der Waals surface area contributed by atoms with Gasteiger partial charge in [-0.1, -0.05) is 17.7 Å². The maximum Gasteiger partial charge on any atom is 0.258 e. The quantitative estimate of drug-likeness (QED) is 0.588. The number of halogens is 2. The number of nitrogens with zero attached hydrogens (tertiary/aromatic N) is 1. The van der Waals surface area contributed by atoms with E-state index in [1.807, 2.05) is 0 Å². The second-order valence-corrected chi connectivity index (χ2v) is 10.9. The van der Waals surface area contributed by atoms with Gasteiger partial charge in [0.15, 0.2) is 0 Å². The molecule has 0 amide bonds. The van der Waals surface area contributed by atoms with Gasteiger partial charge in [-0.15, -0.1) is 0 Å². The van der Waals surface area contributed by atoms with Crippen molar-refractivity contribution in [3.05, 3.63) is 59.4 Å². The van der Waals surface area contributed by atoms with Crippen molar-refractivity contribution < 1.29 is 25.6 Å². The third-order valence-electron chi connectivity index (χ3n) is 3.90. The Morgan fingerprint density at radius 1 is 1.04 bits per heavy atom. The summed E-state index contributed by atoms with van der Waals surface area (Å²) < 4.78 is 70.4. The number of benzene rings is 2. The molecular weight excluding hydrogens is 429 g/mol. The van der Waals surface area contributed by atoms with Gasteiger partial charge in [0.2, 0.25) is 30.6 Å². The molecule has 148 valence electrons. The van der Waals surface area contributed by atoms with E-state index in [1.54, 1.807) is 0 Å². The lowest BCUT2D eigenvalue weighted by atomic mass is 10.2. The van der Waals surface area contributed by atoms with Crippen LogP contribution >= 0.6 is 11.6 Å². The topological polar surface area (TPSA) is 94.3 Å². The van der Waals surface area contributed by atoms with Crippen LogP contribution in [0.15, 0.2) is 68.0 Å². The minimum absolute atomic E-state index is 0.109. The minimum atomic E-state index is -4.34. The van der Waals surface area contributed by atoms with E-state index in [0.717, 1.165) is 6.07 Å². The number of hydrogen-bond donors (Lipinski definition) is 0. The van der Waals surface area contributed by atoms with Crippen molar-refractivity contribution in [1.82, 2.24) is 4.98 Å². The second kappa shape index (κ2) is 7.31. The summed E-state index contributed by atoms with van der Waals surface area (Å²) in [6.07, 6.45) is 0. The SMILES string of the molecule is CC(C)S(=O)(=O)c1oc(-c2cccc(F)c2)nc1S(=O)(=O)c1ccc(Cl)cc1. The fourth-order valence-corrected chi connectivity index (χ4v) is 5.22. The third kappa shape index (κ3) is 3.69. The van der Waals surface area contributed by atoms with Crippen molar-refractivity contribution >= 4 is 31.3 Å². The largest absolute Gasteiger partial charge is 0.423 e. The van der Waals surface area contributed by atoms with Crippen LogP contribution in [0.3, 0.4) is 0 Å². The van der Waals surface area contributed by atoms with E-state index in [1.165, 1.54) is 56.3 Å². The van der Waals surface area contributed by atoms with E-state index >= 15 is 0 Å². The Morgan fingerprint density at radius 2 is 1.68 bits per heavy atom. The maximum atomic E-state index is 13.5. The Bertz CT molecular complexity index is 1230. The van der Waals surface area contributed by atoms with Crippen LogP contribution in [-0.2, 0) is 19.7 Å². The van der Waals surface area contributed by atoms with Crippen LogP contribution in [0.1, 0.15) is 13.8 Å². The van der Waals surface area contributed by atoms with E-state index in [-0.39, 0.29) is 16.3 Å². The summed E-state index contributed by atoms with van der Waals surface area (Å²) in [6, 6.07) is 10.2. The highest BCUT2D eigenvalue weighted by atomic mass is 35.5. The van der Waals surface area contributed by atoms with E-state index in [2.05, 4.69) is 4.98 Å². The van der Waals surface area contributed by atoms with Crippen molar-refractivity contribution in [2.45, 2.75) is 34.1 Å². The summed E-state index contributed by atoms with van der Waals surface area (Å²) >= 11 is 5.79. The van der Waals surface area contributed by atoms with Gasteiger partial charge in [-0.3, -0.25) is 0 Å². The van der Waals surface area contributed by atoms with Crippen molar-refractivity contribution in [3.63, 3.8) is 0 Å². The molecule has 28 heavy (non-hydrogen) atoms. The number of oxazole rings is 1. The Kier molecular flexibility index (Phi) is 5.35. The molecule has 3 rings (SSSR count). The first-order chi connectivity index (χ1) is 13.0. The molecule has 0 saturated carbocycles. The van der Waals surface area contributed by atoms with Gasteiger partial charge in [0.05, 0.1) is 10.1 Å². The molecule has 0 fully saturated rings. The Hall–Kier alpha value is -2.23. The van der Waals surface area contributed by atoms with E-state index in [0.29, 0.717) is 5.02 Å². The van der Waals surface area contributed by atoms with Crippen molar-refractivity contribution in [2.75, 3.05) is 0 Å². The number of sulfone groups is 2. The molecule has 0 N–H and O–H groups in total. The Labute approximate surface area is 166 Å². The number of rotatable bonds is 5. The zero-order valence-electron chi connectivity index (χ0n) is 14.8. The molecule has 0 spiro atoms. The summed E-state index contributed by atoms with van der Waals surface area (Å²) in [6.45, 7) is 2.77. The lowest BCUT2D eigenvalue weighted by Crippen LogP contribution is -2.17. The molecule has 1 aromatic heterocycles. The molecule has 2 aromatic carbocycles. The van der Waals surface area contributed by atoms with Crippen LogP contribution < -0.4 is 0 Å². The molecule has 0 radical (unpaired) electrons. The highest BCUT2D eigenvalue weighted by Crippen LogP contribution is 2.33. The lowest BCUT2D eigenvalue weighted by molar-refractivity contribution is 0.442. The second-order valence-electron chi connectivity index (χ2n) is 6.17. The molecule has 1 heterocycles. The van der Waals surface area contributed by atoms with E-state index in [4.69, 9.17) is 16.0 Å². The van der Waals surface area contributed by atoms with Crippen LogP contribution in [0.2, 0.25) is 5.02 Å². The molecule has 0 aliphatic rings. The summed E-state index contributed by atoms with van der Waals surface area (Å²) in [5.41, 5.74) is 0.109. The normalized spacial score (nSPS) is 12.5. The fraction of sp³-hybridized carbons (Fsp3) is 0.167. The first kappa shape index (κ1) is 20.5. The molecule has 0 bridgehead atoms. The summed E-state index contributed by atoms with van der Waals surface area (Å²) in [7, 11) is -8.47. The van der Waals surface area contributed by atoms with Crippen LogP contribution in [-0.4, -0.2) is 27.1 Å². The zero-order valence-corrected chi connectivity index (χ0v) is 17.1. The van der Waals surface area contributed by atoms with E-state index < -0.39 is 40.9 Å². The van der Waals surface area contributed by atoms with Crippen LogP contribution in [0.5, 0.6) is 0 Å². The molecule has 6 nitrogen and oxygen atoms in total. The van der Waals surface area contributed by atoms with Crippen molar-refractivity contribution in [1.29, 1.82) is 0 Å². The van der Waals surface area contributed by atoms with Gasteiger partial charge in [0.25, 0.3) is 5.09 Å². The average molecular weight is 444 g/mol. The lowest BCUT2D eigenvalue weighted by Gasteiger charge is -2.07. The summed E-state index contributed by atoms with van der Waals surface area (Å²) in [5.74, 6) is -0.919. The number of hydrogen-bond acceptors (Lipinski definition) is 6. The summed E-state index contributed by atoms with van der Waals surface area (Å²) in [5, 5.41) is -2.17. The molecule has 0 atom stereocenters. The molecule has 0 saturated heterocycles. The third-order valence-corrected chi connectivity index (χ3v) is 7.99. The van der Waals surface area contributed by atoms with Crippen LogP contribution in [0.25, 0.3) is 11.5 Å². The fourth-order valence-electron chi connectivity index (χ4n) is 2.33. The highest BCUT2D eigenvalue weighted by molar-refractivity contribution is 7.94. The Morgan fingerprint density at radius 3 is 2.25 bits per heavy atom. The monoisotopic (exact) mass is 443 g/mol. The smallest absolute Gasteiger partial charge is 0.258 e. The van der Waals surface area contributed by atoms with Crippen molar-refractivity contribution in [2.24, 2.45) is 0 Å². The molecular formula is C18H15ClFNO5S2. The molecule has 10 heteroatoms. The molecule has 0 aliphatic heterocycles. The van der Waals surface area contributed by atoms with Gasteiger partial charge < -0.3 is 4.42 Å². The average Bonchev–Trinajstić information content (AvgIpc) is 3.09. The van der Waals surface area contributed by atoms with Gasteiger partial charge >= 0.3 is 0 Å². The predicted octanol–water partition coefficient (Wildman–Crippen LogP) is 4.15. The van der Waals surface area contributed by atoms with Crippen molar-refractivity contribution in [3.8, 4) is 11.5 Å².